The summed E-state index contributed by atoms with van der Waals surface area (Å²) in [5.74, 6) is 2.15. The van der Waals surface area contributed by atoms with Gasteiger partial charge in [-0.05, 0) is 56.5 Å². The number of hydrogen-bond donors (Lipinski definition) is 1. The van der Waals surface area contributed by atoms with Crippen LogP contribution in [0.2, 0.25) is 0 Å². The van der Waals surface area contributed by atoms with Crippen molar-refractivity contribution in [1.82, 2.24) is 24.5 Å². The van der Waals surface area contributed by atoms with E-state index in [1.807, 2.05) is 36.7 Å². The largest absolute Gasteiger partial charge is 0.489 e. The summed E-state index contributed by atoms with van der Waals surface area (Å²) in [5, 5.41) is 24.1. The first-order valence-corrected chi connectivity index (χ1v) is 13.5. The number of rotatable bonds is 8. The van der Waals surface area contributed by atoms with Crippen molar-refractivity contribution in [2.24, 2.45) is 0 Å². The second-order valence-corrected chi connectivity index (χ2v) is 11.3. The Labute approximate surface area is 233 Å². The molecule has 0 saturated carbocycles. The molecule has 0 spiro atoms. The Morgan fingerprint density at radius 3 is 2.58 bits per heavy atom. The highest BCUT2D eigenvalue weighted by molar-refractivity contribution is 5.85. The number of aliphatic hydroxyl groups is 1. The molecule has 0 radical (unpaired) electrons. The maximum atomic E-state index is 10.1. The van der Waals surface area contributed by atoms with E-state index in [4.69, 9.17) is 14.5 Å². The number of anilines is 1. The summed E-state index contributed by atoms with van der Waals surface area (Å²) in [5.41, 5.74) is 4.31. The smallest absolute Gasteiger partial charge is 0.213 e. The lowest BCUT2D eigenvalue weighted by molar-refractivity contribution is -0.00891. The van der Waals surface area contributed by atoms with Gasteiger partial charge in [0.05, 0.1) is 36.2 Å². The minimum atomic E-state index is -0.977. The molecule has 3 aliphatic rings. The number of nitriles is 1. The molecule has 7 heterocycles. The molecule has 0 aromatic carbocycles. The quantitative estimate of drug-likeness (QED) is 0.359. The number of piperidine rings is 1. The Balaban J connectivity index is 1.19. The van der Waals surface area contributed by atoms with Crippen LogP contribution in [0.25, 0.3) is 16.6 Å². The molecule has 2 unspecified atom stereocenters. The van der Waals surface area contributed by atoms with Crippen LogP contribution in [0.5, 0.6) is 11.6 Å². The number of aryl methyl sites for hydroxylation is 1. The van der Waals surface area contributed by atoms with E-state index in [0.717, 1.165) is 36.6 Å². The fourth-order valence-electron chi connectivity index (χ4n) is 5.64. The van der Waals surface area contributed by atoms with Crippen molar-refractivity contribution in [3.05, 3.63) is 65.7 Å². The summed E-state index contributed by atoms with van der Waals surface area (Å²) in [6.07, 6.45) is 8.26. The van der Waals surface area contributed by atoms with Gasteiger partial charge in [-0.3, -0.25) is 4.90 Å². The number of methoxy groups -OCH3 is 1. The molecule has 4 aromatic rings. The molecule has 40 heavy (non-hydrogen) atoms. The molecule has 2 atom stereocenters. The maximum Gasteiger partial charge on any atom is 0.213 e. The number of aromatic nitrogens is 4. The number of nitrogens with zero attached hydrogens (tertiary/aromatic N) is 7. The summed E-state index contributed by atoms with van der Waals surface area (Å²) in [6.45, 7) is 8.38. The topological polar surface area (TPSA) is 112 Å². The third-order valence-electron chi connectivity index (χ3n) is 7.78. The van der Waals surface area contributed by atoms with Crippen LogP contribution in [-0.4, -0.2) is 74.1 Å². The van der Waals surface area contributed by atoms with E-state index >= 15 is 0 Å². The van der Waals surface area contributed by atoms with Gasteiger partial charge in [0.2, 0.25) is 5.88 Å². The number of hydrogen-bond acceptors (Lipinski definition) is 9. The lowest BCUT2D eigenvalue weighted by Gasteiger charge is -2.56. The molecule has 7 rings (SSSR count). The van der Waals surface area contributed by atoms with Crippen LogP contribution in [0.4, 0.5) is 5.82 Å². The predicted octanol–water partition coefficient (Wildman–Crippen LogP) is 3.59. The highest BCUT2D eigenvalue weighted by Crippen LogP contribution is 2.37. The molecule has 3 fully saturated rings. The van der Waals surface area contributed by atoms with Gasteiger partial charge in [0.1, 0.15) is 24.2 Å². The molecular formula is C30H33N7O3. The molecule has 3 saturated heterocycles. The minimum Gasteiger partial charge on any atom is -0.489 e. The fraction of sp³-hybridized carbons (Fsp3) is 0.400. The Morgan fingerprint density at radius 1 is 1.12 bits per heavy atom. The van der Waals surface area contributed by atoms with E-state index in [-0.39, 0.29) is 6.61 Å². The molecule has 3 aliphatic heterocycles. The number of piperazine rings is 1. The van der Waals surface area contributed by atoms with Crippen LogP contribution >= 0.6 is 0 Å². The summed E-state index contributed by atoms with van der Waals surface area (Å²) in [7, 11) is 1.64. The Bertz CT molecular complexity index is 1570. The average molecular weight is 540 g/mol. The second-order valence-electron chi connectivity index (χ2n) is 11.3. The SMILES string of the molecule is COc1cc(C)c(CN2C3CC2CN(c2ccc(-c4cc(OCC(C)(C)O)cn5ncc(C#N)c45)cn2)C3)cn1. The first-order valence-electron chi connectivity index (χ1n) is 13.5. The van der Waals surface area contributed by atoms with Gasteiger partial charge in [0.25, 0.3) is 0 Å². The normalized spacial score (nSPS) is 18.9. The van der Waals surface area contributed by atoms with E-state index in [1.54, 1.807) is 37.9 Å². The molecule has 206 valence electrons. The van der Waals surface area contributed by atoms with E-state index in [2.05, 4.69) is 32.9 Å². The summed E-state index contributed by atoms with van der Waals surface area (Å²) in [4.78, 5) is 14.2. The van der Waals surface area contributed by atoms with Crippen molar-refractivity contribution in [3.63, 3.8) is 0 Å². The fourth-order valence-corrected chi connectivity index (χ4v) is 5.64. The predicted molar refractivity (Wildman–Crippen MR) is 150 cm³/mol. The number of fused-ring (bicyclic) bond motifs is 3. The van der Waals surface area contributed by atoms with Crippen molar-refractivity contribution >= 4 is 11.3 Å². The van der Waals surface area contributed by atoms with Gasteiger partial charge < -0.3 is 19.5 Å². The van der Waals surface area contributed by atoms with Gasteiger partial charge in [-0.1, -0.05) is 0 Å². The summed E-state index contributed by atoms with van der Waals surface area (Å²) >= 11 is 0. The molecule has 10 nitrogen and oxygen atoms in total. The van der Waals surface area contributed by atoms with Gasteiger partial charge in [0.15, 0.2) is 0 Å². The molecular weight excluding hydrogens is 506 g/mol. The average Bonchev–Trinajstić information content (AvgIpc) is 3.38. The zero-order chi connectivity index (χ0) is 28.0. The van der Waals surface area contributed by atoms with Crippen molar-refractivity contribution in [2.45, 2.75) is 51.4 Å². The van der Waals surface area contributed by atoms with Crippen LogP contribution < -0.4 is 14.4 Å². The maximum absolute atomic E-state index is 10.1. The minimum absolute atomic E-state index is 0.129. The molecule has 0 amide bonds. The van der Waals surface area contributed by atoms with Crippen LogP contribution in [0, 0.1) is 18.3 Å². The number of ether oxygens (including phenoxy) is 2. The number of pyridine rings is 3. The van der Waals surface area contributed by atoms with Crippen molar-refractivity contribution in [1.29, 1.82) is 5.26 Å². The van der Waals surface area contributed by atoms with E-state index in [0.29, 0.717) is 34.8 Å². The molecule has 4 aromatic heterocycles. The lowest BCUT2D eigenvalue weighted by Crippen LogP contribution is -2.68. The standard InChI is InChI=1S/C30H33N7O3/c1-19-7-28(39-4)33-12-22(19)14-36-23-8-24(36)16-35(15-23)27-6-5-20(11-32-27)26-9-25(40-18-30(2,3)38)17-37-29(26)21(10-31)13-34-37/h5-7,9,11-13,17,23-24,38H,8,14-16,18H2,1-4H3. The lowest BCUT2D eigenvalue weighted by atomic mass is 9.86. The Hall–Kier alpha value is -4.20. The second kappa shape index (κ2) is 10.1. The monoisotopic (exact) mass is 539 g/mol. The molecule has 0 aliphatic carbocycles. The van der Waals surface area contributed by atoms with Gasteiger partial charge in [-0.15, -0.1) is 0 Å². The molecule has 1 N–H and O–H groups in total. The third kappa shape index (κ3) is 4.94. The first kappa shape index (κ1) is 26.0. The van der Waals surface area contributed by atoms with Gasteiger partial charge in [-0.25, -0.2) is 14.5 Å². The highest BCUT2D eigenvalue weighted by atomic mass is 16.5. The van der Waals surface area contributed by atoms with Gasteiger partial charge in [-0.2, -0.15) is 10.4 Å². The van der Waals surface area contributed by atoms with Crippen LogP contribution in [0.1, 0.15) is 37.0 Å². The zero-order valence-electron chi connectivity index (χ0n) is 23.2. The summed E-state index contributed by atoms with van der Waals surface area (Å²) in [6, 6.07) is 11.2. The van der Waals surface area contributed by atoms with Crippen LogP contribution in [0.3, 0.4) is 0 Å². The van der Waals surface area contributed by atoms with Gasteiger partial charge in [0, 0.05) is 61.3 Å². The Morgan fingerprint density at radius 2 is 1.93 bits per heavy atom. The van der Waals surface area contributed by atoms with Crippen LogP contribution in [-0.2, 0) is 6.54 Å². The third-order valence-corrected chi connectivity index (χ3v) is 7.78. The zero-order valence-corrected chi connectivity index (χ0v) is 23.2. The molecule has 2 bridgehead atoms. The van der Waals surface area contributed by atoms with E-state index in [1.165, 1.54) is 17.5 Å². The van der Waals surface area contributed by atoms with Crippen molar-refractivity contribution in [2.75, 3.05) is 31.7 Å². The first-order chi connectivity index (χ1) is 19.2. The highest BCUT2D eigenvalue weighted by Gasteiger charge is 2.44. The van der Waals surface area contributed by atoms with Crippen LogP contribution in [0.15, 0.2) is 49.1 Å². The Kier molecular flexibility index (Phi) is 6.56. The van der Waals surface area contributed by atoms with Gasteiger partial charge >= 0.3 is 0 Å². The van der Waals surface area contributed by atoms with E-state index in [9.17, 15) is 10.4 Å². The van der Waals surface area contributed by atoms with Crippen molar-refractivity contribution < 1.29 is 14.6 Å². The van der Waals surface area contributed by atoms with E-state index < -0.39 is 5.60 Å². The summed E-state index contributed by atoms with van der Waals surface area (Å²) < 4.78 is 12.8. The molecule has 10 heteroatoms. The van der Waals surface area contributed by atoms with Crippen molar-refractivity contribution in [3.8, 4) is 28.8 Å².